The number of nitrogens with zero attached hydrogens (tertiary/aromatic N) is 1. The predicted molar refractivity (Wildman–Crippen MR) is 193 cm³/mol. The first-order valence-electron chi connectivity index (χ1n) is 15.1. The largest absolute Gasteiger partial charge is 0.448 e. The van der Waals surface area contributed by atoms with Crippen LogP contribution < -0.4 is 4.74 Å². The Morgan fingerprint density at radius 3 is 2.42 bits per heavy atom. The van der Waals surface area contributed by atoms with Gasteiger partial charge in [0.15, 0.2) is 0 Å². The van der Waals surface area contributed by atoms with E-state index < -0.39 is 39.7 Å². The van der Waals surface area contributed by atoms with Crippen molar-refractivity contribution in [2.75, 3.05) is 26.1 Å². The number of halogens is 1. The van der Waals surface area contributed by atoms with Crippen molar-refractivity contribution in [1.82, 2.24) is 0 Å². The zero-order valence-electron chi connectivity index (χ0n) is 26.8. The number of hydrogen-bond acceptors (Lipinski definition) is 12. The lowest BCUT2D eigenvalue weighted by atomic mass is 10.0. The highest BCUT2D eigenvalue weighted by atomic mass is 32.9. The van der Waals surface area contributed by atoms with Gasteiger partial charge in [-0.05, 0) is 113 Å². The lowest BCUT2D eigenvalue weighted by Crippen LogP contribution is -2.35. The van der Waals surface area contributed by atoms with Crippen LogP contribution >= 0.6 is 32.9 Å². The molecule has 260 valence electrons. The van der Waals surface area contributed by atoms with E-state index in [0.717, 1.165) is 36.5 Å². The molecule has 4 aromatic rings. The SMILES string of the molecule is CC1=C(CC(=O)OC(COCCCO[N+](=O)[O-])C(=O)Oc2ccc(-c3cc(=S)ss3)cc2)c2cc(F)ccc2C1=Cc1ccc(S(C)=O)cc1. The van der Waals surface area contributed by atoms with Crippen molar-refractivity contribution in [3.8, 4) is 16.2 Å². The zero-order chi connectivity index (χ0) is 35.8. The number of allylic oxidation sites excluding steroid dienone is 2. The fourth-order valence-electron chi connectivity index (χ4n) is 5.13. The summed E-state index contributed by atoms with van der Waals surface area (Å²) in [5.74, 6) is -1.93. The van der Waals surface area contributed by atoms with Crippen molar-refractivity contribution in [1.29, 1.82) is 0 Å². The van der Waals surface area contributed by atoms with E-state index in [0.29, 0.717) is 16.0 Å². The molecule has 0 radical (unpaired) electrons. The van der Waals surface area contributed by atoms with Crippen LogP contribution in [0.4, 0.5) is 4.39 Å². The van der Waals surface area contributed by atoms with Gasteiger partial charge in [0.1, 0.15) is 15.4 Å². The first-order valence-corrected chi connectivity index (χ1v) is 19.2. The molecule has 15 heteroatoms. The molecule has 3 aromatic carbocycles. The molecule has 0 spiro atoms. The molecule has 2 unspecified atom stereocenters. The highest BCUT2D eigenvalue weighted by molar-refractivity contribution is 7.84. The Bertz CT molecular complexity index is 2040. The molecule has 0 bridgehead atoms. The van der Waals surface area contributed by atoms with Crippen LogP contribution in [0.15, 0.2) is 83.3 Å². The lowest BCUT2D eigenvalue weighted by Gasteiger charge is -2.18. The van der Waals surface area contributed by atoms with Crippen LogP contribution in [0, 0.1) is 19.8 Å². The number of esters is 2. The molecule has 0 saturated carbocycles. The van der Waals surface area contributed by atoms with Gasteiger partial charge in [-0.3, -0.25) is 9.00 Å². The Labute approximate surface area is 301 Å². The lowest BCUT2D eigenvalue weighted by molar-refractivity contribution is -0.757. The third-order valence-electron chi connectivity index (χ3n) is 7.55. The number of rotatable bonds is 15. The van der Waals surface area contributed by atoms with Gasteiger partial charge >= 0.3 is 11.9 Å². The zero-order valence-corrected chi connectivity index (χ0v) is 30.0. The Hall–Kier alpha value is -4.41. The summed E-state index contributed by atoms with van der Waals surface area (Å²) in [5.41, 5.74) is 4.99. The number of carbonyl (C=O) groups is 2. The molecule has 5 rings (SSSR count). The van der Waals surface area contributed by atoms with E-state index in [2.05, 4.69) is 4.84 Å². The maximum atomic E-state index is 14.5. The van der Waals surface area contributed by atoms with Crippen molar-refractivity contribution in [3.05, 3.63) is 115 Å². The van der Waals surface area contributed by atoms with E-state index in [4.69, 9.17) is 26.4 Å². The van der Waals surface area contributed by atoms with Crippen molar-refractivity contribution in [2.45, 2.75) is 30.8 Å². The maximum Gasteiger partial charge on any atom is 0.355 e. The van der Waals surface area contributed by atoms with E-state index >= 15 is 0 Å². The molecule has 2 atom stereocenters. The number of benzene rings is 3. The highest BCUT2D eigenvalue weighted by Gasteiger charge is 2.30. The summed E-state index contributed by atoms with van der Waals surface area (Å²) < 4.78 is 43.7. The molecule has 50 heavy (non-hydrogen) atoms. The summed E-state index contributed by atoms with van der Waals surface area (Å²) in [7, 11) is 1.88. The van der Waals surface area contributed by atoms with Crippen molar-refractivity contribution in [2.24, 2.45) is 0 Å². The molecule has 1 heterocycles. The first kappa shape index (κ1) is 36.9. The Balaban J connectivity index is 1.33. The van der Waals surface area contributed by atoms with Gasteiger partial charge in [-0.2, -0.15) is 0 Å². The van der Waals surface area contributed by atoms with Gasteiger partial charge in [0, 0.05) is 33.4 Å². The second-order valence-electron chi connectivity index (χ2n) is 11.0. The van der Waals surface area contributed by atoms with Gasteiger partial charge in [0.2, 0.25) is 6.10 Å². The molecule has 0 N–H and O–H groups in total. The van der Waals surface area contributed by atoms with Gasteiger partial charge in [0.05, 0.1) is 19.6 Å². The smallest absolute Gasteiger partial charge is 0.355 e. The molecule has 0 saturated heterocycles. The monoisotopic (exact) mass is 755 g/mol. The Kier molecular flexibility index (Phi) is 12.5. The standard InChI is InChI=1S/C35H30FNO9S4/c1-21-28(16-22-4-11-26(12-5-22)50(2)42)27-13-8-24(36)17-30(27)29(21)18-33(38)46-31(20-43-14-3-15-44-37(40)41)35(39)45-25-9-6-23(7-10-25)32-19-34(47)49-48-32/h4-13,16-17,19,31H,3,14-15,18,20H2,1-2H3. The molecular weight excluding hydrogens is 726 g/mol. The summed E-state index contributed by atoms with van der Waals surface area (Å²) in [6.45, 7) is 1.20. The summed E-state index contributed by atoms with van der Waals surface area (Å²) in [4.78, 5) is 43.1. The van der Waals surface area contributed by atoms with Crippen LogP contribution in [-0.4, -0.2) is 53.4 Å². The second kappa shape index (κ2) is 17.0. The third kappa shape index (κ3) is 9.63. The van der Waals surface area contributed by atoms with Crippen molar-refractivity contribution >= 4 is 72.9 Å². The fraction of sp³-hybridized carbons (Fsp3) is 0.229. The van der Waals surface area contributed by atoms with E-state index in [1.54, 1.807) is 48.7 Å². The van der Waals surface area contributed by atoms with Crippen LogP contribution in [-0.2, 0) is 34.7 Å². The normalized spacial score (nSPS) is 14.3. The van der Waals surface area contributed by atoms with Crippen LogP contribution in [0.3, 0.4) is 0 Å². The molecule has 10 nitrogen and oxygen atoms in total. The first-order chi connectivity index (χ1) is 24.0. The van der Waals surface area contributed by atoms with Crippen molar-refractivity contribution in [3.63, 3.8) is 0 Å². The van der Waals surface area contributed by atoms with Crippen LogP contribution in [0.1, 0.15) is 36.5 Å². The summed E-state index contributed by atoms with van der Waals surface area (Å²) >= 11 is 5.21. The molecule has 0 aliphatic heterocycles. The van der Waals surface area contributed by atoms with Gasteiger partial charge in [-0.1, -0.05) is 51.1 Å². The molecular formula is C35H30FNO9S4. The fourth-order valence-corrected chi connectivity index (χ4v) is 8.05. The van der Waals surface area contributed by atoms with Gasteiger partial charge in [-0.25, -0.2) is 9.18 Å². The average Bonchev–Trinajstić information content (AvgIpc) is 3.62. The minimum Gasteiger partial charge on any atom is -0.448 e. The third-order valence-corrected chi connectivity index (χ3v) is 11.4. The molecule has 0 amide bonds. The second-order valence-corrected chi connectivity index (χ2v) is 15.2. The maximum absolute atomic E-state index is 14.5. The number of hydrogen-bond donors (Lipinski definition) is 0. The van der Waals surface area contributed by atoms with Gasteiger partial charge in [0.25, 0.3) is 5.09 Å². The number of carbonyl (C=O) groups excluding carboxylic acids is 2. The van der Waals surface area contributed by atoms with E-state index in [1.807, 2.05) is 31.2 Å². The average molecular weight is 756 g/mol. The van der Waals surface area contributed by atoms with Crippen molar-refractivity contribution < 1.29 is 42.3 Å². The highest BCUT2D eigenvalue weighted by Crippen LogP contribution is 2.44. The van der Waals surface area contributed by atoms with E-state index in [1.165, 1.54) is 32.8 Å². The molecule has 1 aliphatic carbocycles. The molecule has 0 fully saturated rings. The Morgan fingerprint density at radius 2 is 1.76 bits per heavy atom. The van der Waals surface area contributed by atoms with E-state index in [-0.39, 0.29) is 38.4 Å². The summed E-state index contributed by atoms with van der Waals surface area (Å²) in [5, 5.41) is 9.50. The summed E-state index contributed by atoms with van der Waals surface area (Å²) in [6.07, 6.45) is 1.89. The minimum atomic E-state index is -1.48. The predicted octanol–water partition coefficient (Wildman–Crippen LogP) is 7.93. The number of ether oxygens (including phenoxy) is 3. The van der Waals surface area contributed by atoms with Crippen LogP contribution in [0.2, 0.25) is 0 Å². The molecule has 1 aromatic heterocycles. The topological polar surface area (TPSA) is 131 Å². The van der Waals surface area contributed by atoms with Crippen LogP contribution in [0.5, 0.6) is 5.75 Å². The van der Waals surface area contributed by atoms with Gasteiger partial charge < -0.3 is 19.0 Å². The summed E-state index contributed by atoms with van der Waals surface area (Å²) in [6, 6.07) is 20.2. The van der Waals surface area contributed by atoms with E-state index in [9.17, 15) is 28.3 Å². The van der Waals surface area contributed by atoms with Crippen LogP contribution in [0.25, 0.3) is 27.7 Å². The molecule has 1 aliphatic rings. The number of fused-ring (bicyclic) bond motifs is 1. The minimum absolute atomic E-state index is 0.0171. The van der Waals surface area contributed by atoms with Gasteiger partial charge in [-0.15, -0.1) is 10.1 Å². The quantitative estimate of drug-likeness (QED) is 0.0224. The Morgan fingerprint density at radius 1 is 1.02 bits per heavy atom.